The summed E-state index contributed by atoms with van der Waals surface area (Å²) in [5, 5.41) is 0. The number of rotatable bonds is 2. The maximum atomic E-state index is 6.20. The van der Waals surface area contributed by atoms with Crippen LogP contribution in [0.4, 0.5) is 5.69 Å². The summed E-state index contributed by atoms with van der Waals surface area (Å²) in [7, 11) is 0. The summed E-state index contributed by atoms with van der Waals surface area (Å²) >= 11 is 0. The number of aryl methyl sites for hydroxylation is 1. The Kier molecular flexibility index (Phi) is 2.88. The molecule has 0 aliphatic carbocycles. The van der Waals surface area contributed by atoms with E-state index in [0.29, 0.717) is 5.69 Å². The number of aromatic nitrogens is 1. The maximum absolute atomic E-state index is 6.20. The monoisotopic (exact) mass is 213 g/mol. The number of nitrogens with two attached hydrogens (primary N) is 2. The van der Waals surface area contributed by atoms with Crippen LogP contribution in [0.15, 0.2) is 42.7 Å². The molecule has 2 aromatic rings. The average Bonchev–Trinajstić information content (AvgIpc) is 2.29. The normalized spacial score (nSPS) is 12.4. The van der Waals surface area contributed by atoms with Crippen molar-refractivity contribution in [1.29, 1.82) is 0 Å². The van der Waals surface area contributed by atoms with Crippen molar-refractivity contribution in [2.75, 3.05) is 5.73 Å². The molecular formula is C13H15N3. The number of benzene rings is 1. The van der Waals surface area contributed by atoms with E-state index in [0.717, 1.165) is 11.1 Å². The Hall–Kier alpha value is -1.87. The van der Waals surface area contributed by atoms with Crippen LogP contribution in [0.3, 0.4) is 0 Å². The second-order valence-electron chi connectivity index (χ2n) is 3.84. The zero-order valence-electron chi connectivity index (χ0n) is 9.22. The molecule has 82 valence electrons. The average molecular weight is 213 g/mol. The van der Waals surface area contributed by atoms with E-state index in [-0.39, 0.29) is 6.04 Å². The van der Waals surface area contributed by atoms with Gasteiger partial charge < -0.3 is 11.5 Å². The van der Waals surface area contributed by atoms with Crippen LogP contribution in [0, 0.1) is 6.92 Å². The number of hydrogen-bond donors (Lipinski definition) is 2. The van der Waals surface area contributed by atoms with E-state index in [4.69, 9.17) is 11.5 Å². The standard InChI is InChI=1S/C13H15N3/c1-9-4-2-3-5-10(9)13(15)11-8-16-7-6-12(11)14/h2-8,13H,15H2,1H3,(H2,14,16). The lowest BCUT2D eigenvalue weighted by atomic mass is 9.96. The van der Waals surface area contributed by atoms with Crippen LogP contribution in [0.1, 0.15) is 22.7 Å². The molecule has 0 saturated heterocycles. The Morgan fingerprint density at radius 3 is 2.56 bits per heavy atom. The van der Waals surface area contributed by atoms with Crippen molar-refractivity contribution in [3.63, 3.8) is 0 Å². The van der Waals surface area contributed by atoms with E-state index in [1.807, 2.05) is 31.2 Å². The highest BCUT2D eigenvalue weighted by molar-refractivity contribution is 5.50. The minimum Gasteiger partial charge on any atom is -0.398 e. The summed E-state index contributed by atoms with van der Waals surface area (Å²) in [5.74, 6) is 0. The van der Waals surface area contributed by atoms with Gasteiger partial charge in [0.1, 0.15) is 0 Å². The van der Waals surface area contributed by atoms with Gasteiger partial charge in [0.25, 0.3) is 0 Å². The molecule has 0 aliphatic rings. The number of nitrogen functional groups attached to an aromatic ring is 1. The quantitative estimate of drug-likeness (QED) is 0.802. The van der Waals surface area contributed by atoms with Crippen LogP contribution in [-0.4, -0.2) is 4.98 Å². The van der Waals surface area contributed by atoms with E-state index in [9.17, 15) is 0 Å². The molecule has 16 heavy (non-hydrogen) atoms. The molecule has 1 aromatic heterocycles. The maximum Gasteiger partial charge on any atom is 0.0590 e. The molecule has 1 atom stereocenters. The van der Waals surface area contributed by atoms with Crippen molar-refractivity contribution in [1.82, 2.24) is 4.98 Å². The molecule has 3 nitrogen and oxygen atoms in total. The third kappa shape index (κ3) is 1.90. The van der Waals surface area contributed by atoms with Gasteiger partial charge in [-0.3, -0.25) is 4.98 Å². The Bertz CT molecular complexity index is 449. The predicted octanol–water partition coefficient (Wildman–Crippen LogP) is 2.02. The van der Waals surface area contributed by atoms with Gasteiger partial charge in [-0.15, -0.1) is 0 Å². The van der Waals surface area contributed by atoms with Gasteiger partial charge in [-0.1, -0.05) is 24.3 Å². The van der Waals surface area contributed by atoms with E-state index in [1.54, 1.807) is 18.5 Å². The summed E-state index contributed by atoms with van der Waals surface area (Å²) in [5.41, 5.74) is 15.9. The topological polar surface area (TPSA) is 64.9 Å². The fourth-order valence-electron chi connectivity index (χ4n) is 1.78. The molecule has 1 heterocycles. The van der Waals surface area contributed by atoms with E-state index >= 15 is 0 Å². The van der Waals surface area contributed by atoms with Crippen LogP contribution in [0.2, 0.25) is 0 Å². The van der Waals surface area contributed by atoms with Crippen molar-refractivity contribution >= 4 is 5.69 Å². The smallest absolute Gasteiger partial charge is 0.0590 e. The minimum absolute atomic E-state index is 0.213. The molecule has 0 saturated carbocycles. The first-order chi connectivity index (χ1) is 7.70. The van der Waals surface area contributed by atoms with Crippen LogP contribution in [-0.2, 0) is 0 Å². The van der Waals surface area contributed by atoms with Crippen molar-refractivity contribution in [2.24, 2.45) is 5.73 Å². The highest BCUT2D eigenvalue weighted by atomic mass is 14.7. The summed E-state index contributed by atoms with van der Waals surface area (Å²) in [6, 6.07) is 9.60. The first kappa shape index (κ1) is 10.6. The second-order valence-corrected chi connectivity index (χ2v) is 3.84. The summed E-state index contributed by atoms with van der Waals surface area (Å²) in [6.07, 6.45) is 3.40. The Labute approximate surface area is 95.1 Å². The van der Waals surface area contributed by atoms with Gasteiger partial charge in [0.15, 0.2) is 0 Å². The van der Waals surface area contributed by atoms with Crippen LogP contribution in [0.25, 0.3) is 0 Å². The molecule has 0 amide bonds. The summed E-state index contributed by atoms with van der Waals surface area (Å²) < 4.78 is 0. The van der Waals surface area contributed by atoms with E-state index in [2.05, 4.69) is 4.98 Å². The van der Waals surface area contributed by atoms with Gasteiger partial charge in [0, 0.05) is 23.6 Å². The lowest BCUT2D eigenvalue weighted by Gasteiger charge is -2.16. The molecule has 0 spiro atoms. The van der Waals surface area contributed by atoms with Crippen molar-refractivity contribution < 1.29 is 0 Å². The van der Waals surface area contributed by atoms with Crippen molar-refractivity contribution in [2.45, 2.75) is 13.0 Å². The van der Waals surface area contributed by atoms with Crippen molar-refractivity contribution in [3.8, 4) is 0 Å². The fourth-order valence-corrected chi connectivity index (χ4v) is 1.78. The number of pyridine rings is 1. The van der Waals surface area contributed by atoms with E-state index < -0.39 is 0 Å². The predicted molar refractivity (Wildman–Crippen MR) is 65.9 cm³/mol. The first-order valence-corrected chi connectivity index (χ1v) is 5.20. The number of nitrogens with zero attached hydrogens (tertiary/aromatic N) is 1. The minimum atomic E-state index is -0.213. The van der Waals surface area contributed by atoms with E-state index in [1.165, 1.54) is 5.56 Å². The molecule has 0 bridgehead atoms. The van der Waals surface area contributed by atoms with Gasteiger partial charge in [-0.25, -0.2) is 0 Å². The summed E-state index contributed by atoms with van der Waals surface area (Å²) in [6.45, 7) is 2.04. The van der Waals surface area contributed by atoms with Gasteiger partial charge in [0.2, 0.25) is 0 Å². The molecule has 1 unspecified atom stereocenters. The zero-order valence-corrected chi connectivity index (χ0v) is 9.22. The molecular weight excluding hydrogens is 198 g/mol. The Morgan fingerprint density at radius 2 is 1.88 bits per heavy atom. The molecule has 3 heteroatoms. The van der Waals surface area contributed by atoms with Gasteiger partial charge in [0.05, 0.1) is 6.04 Å². The Morgan fingerprint density at radius 1 is 1.12 bits per heavy atom. The first-order valence-electron chi connectivity index (χ1n) is 5.20. The number of anilines is 1. The van der Waals surface area contributed by atoms with Crippen molar-refractivity contribution in [3.05, 3.63) is 59.4 Å². The van der Waals surface area contributed by atoms with Gasteiger partial charge >= 0.3 is 0 Å². The molecule has 2 rings (SSSR count). The largest absolute Gasteiger partial charge is 0.398 e. The number of hydrogen-bond acceptors (Lipinski definition) is 3. The molecule has 0 radical (unpaired) electrons. The lowest BCUT2D eigenvalue weighted by Crippen LogP contribution is -2.15. The Balaban J connectivity index is 2.44. The lowest BCUT2D eigenvalue weighted by molar-refractivity contribution is 0.857. The summed E-state index contributed by atoms with van der Waals surface area (Å²) in [4.78, 5) is 4.06. The third-order valence-electron chi connectivity index (χ3n) is 2.75. The highest BCUT2D eigenvalue weighted by Crippen LogP contribution is 2.25. The fraction of sp³-hybridized carbons (Fsp3) is 0.154. The highest BCUT2D eigenvalue weighted by Gasteiger charge is 2.13. The molecule has 1 aromatic carbocycles. The van der Waals surface area contributed by atoms with Gasteiger partial charge in [-0.2, -0.15) is 0 Å². The van der Waals surface area contributed by atoms with Gasteiger partial charge in [-0.05, 0) is 24.1 Å². The SMILES string of the molecule is Cc1ccccc1C(N)c1cnccc1N. The molecule has 4 N–H and O–H groups in total. The van der Waals surface area contributed by atoms with Crippen LogP contribution in [0.5, 0.6) is 0 Å². The molecule has 0 aliphatic heterocycles. The second kappa shape index (κ2) is 4.33. The third-order valence-corrected chi connectivity index (χ3v) is 2.75. The van der Waals surface area contributed by atoms with Crippen LogP contribution >= 0.6 is 0 Å². The zero-order chi connectivity index (χ0) is 11.5. The molecule has 0 fully saturated rings. The van der Waals surface area contributed by atoms with Crippen LogP contribution < -0.4 is 11.5 Å².